The topological polar surface area (TPSA) is 67.2 Å². The summed E-state index contributed by atoms with van der Waals surface area (Å²) in [5, 5.41) is 15.9. The predicted molar refractivity (Wildman–Crippen MR) is 71.7 cm³/mol. The van der Waals surface area contributed by atoms with Gasteiger partial charge in [-0.15, -0.1) is 6.42 Å². The lowest BCUT2D eigenvalue weighted by Crippen LogP contribution is -2.28. The van der Waals surface area contributed by atoms with Crippen molar-refractivity contribution >= 4 is 17.3 Å². The quantitative estimate of drug-likeness (QED) is 0.759. The molecule has 0 aliphatic heterocycles. The summed E-state index contributed by atoms with van der Waals surface area (Å²) in [5.74, 6) is 2.36. The second-order valence-electron chi connectivity index (χ2n) is 3.95. The van der Waals surface area contributed by atoms with Gasteiger partial charge in [0.1, 0.15) is 12.2 Å². The van der Waals surface area contributed by atoms with Crippen molar-refractivity contribution in [2.45, 2.75) is 32.4 Å². The monoisotopic (exact) mass is 269 g/mol. The fourth-order valence-corrected chi connectivity index (χ4v) is 1.69. The molecule has 1 unspecified atom stereocenters. The van der Waals surface area contributed by atoms with Crippen LogP contribution in [-0.2, 0) is 6.54 Å². The summed E-state index contributed by atoms with van der Waals surface area (Å²) in [5.41, 5.74) is -0.0383. The largest absolute Gasteiger partial charge is 0.396 e. The van der Waals surface area contributed by atoms with E-state index in [0.717, 1.165) is 6.42 Å². The molecule has 0 amide bonds. The lowest BCUT2D eigenvalue weighted by Gasteiger charge is -2.15. The molecule has 0 aliphatic carbocycles. The molecule has 1 aromatic heterocycles. The molecule has 2 N–H and O–H groups in total. The van der Waals surface area contributed by atoms with Crippen LogP contribution < -0.4 is 10.9 Å². The molecule has 0 bridgehead atoms. The summed E-state index contributed by atoms with van der Waals surface area (Å²) < 4.78 is 1.17. The molecular weight excluding hydrogens is 254 g/mol. The standard InChI is InChI=1S/C12H16ClN3O2/c1-3-6-16-12(18)11(10(13)8-14-16)15-9(2)5-4-7-17/h1,8-9,15,17H,4-7H2,2H3. The van der Waals surface area contributed by atoms with Crippen molar-refractivity contribution in [1.29, 1.82) is 0 Å². The number of aromatic nitrogens is 2. The number of hydrogen-bond acceptors (Lipinski definition) is 4. The van der Waals surface area contributed by atoms with Crippen molar-refractivity contribution in [1.82, 2.24) is 9.78 Å². The first-order valence-corrected chi connectivity index (χ1v) is 6.04. The van der Waals surface area contributed by atoms with Crippen molar-refractivity contribution in [3.8, 4) is 12.3 Å². The third-order valence-corrected chi connectivity index (χ3v) is 2.71. The molecule has 98 valence electrons. The van der Waals surface area contributed by atoms with Gasteiger partial charge < -0.3 is 10.4 Å². The fourth-order valence-electron chi connectivity index (χ4n) is 1.51. The number of halogens is 1. The number of terminal acetylenes is 1. The Kier molecular flexibility index (Phi) is 5.69. The van der Waals surface area contributed by atoms with Gasteiger partial charge in [0.15, 0.2) is 0 Å². The van der Waals surface area contributed by atoms with E-state index in [1.807, 2.05) is 6.92 Å². The van der Waals surface area contributed by atoms with Crippen molar-refractivity contribution in [3.63, 3.8) is 0 Å². The molecular formula is C12H16ClN3O2. The lowest BCUT2D eigenvalue weighted by molar-refractivity contribution is 0.282. The zero-order chi connectivity index (χ0) is 13.5. The Bertz CT molecular complexity index is 493. The minimum atomic E-state index is -0.337. The van der Waals surface area contributed by atoms with E-state index in [9.17, 15) is 4.79 Å². The molecule has 0 saturated heterocycles. The van der Waals surface area contributed by atoms with Crippen LogP contribution in [0.4, 0.5) is 5.69 Å². The Morgan fingerprint density at radius 1 is 1.72 bits per heavy atom. The van der Waals surface area contributed by atoms with E-state index in [1.54, 1.807) is 0 Å². The number of rotatable bonds is 6. The van der Waals surface area contributed by atoms with Gasteiger partial charge in [-0.25, -0.2) is 4.68 Å². The van der Waals surface area contributed by atoms with E-state index >= 15 is 0 Å². The van der Waals surface area contributed by atoms with E-state index in [2.05, 4.69) is 16.3 Å². The minimum Gasteiger partial charge on any atom is -0.396 e. The Balaban J connectivity index is 2.91. The summed E-state index contributed by atoms with van der Waals surface area (Å²) in [4.78, 5) is 12.0. The molecule has 0 spiro atoms. The molecule has 1 atom stereocenters. The van der Waals surface area contributed by atoms with Gasteiger partial charge in [-0.05, 0) is 19.8 Å². The van der Waals surface area contributed by atoms with Gasteiger partial charge in [-0.1, -0.05) is 17.5 Å². The second kappa shape index (κ2) is 7.04. The summed E-state index contributed by atoms with van der Waals surface area (Å²) in [6.45, 7) is 2.14. The summed E-state index contributed by atoms with van der Waals surface area (Å²) in [6.07, 6.45) is 7.95. The molecule has 5 nitrogen and oxygen atoms in total. The normalized spacial score (nSPS) is 11.9. The zero-order valence-corrected chi connectivity index (χ0v) is 10.9. The molecule has 0 aromatic carbocycles. The van der Waals surface area contributed by atoms with Gasteiger partial charge in [-0.3, -0.25) is 4.79 Å². The van der Waals surface area contributed by atoms with Crippen LogP contribution in [0.3, 0.4) is 0 Å². The van der Waals surface area contributed by atoms with E-state index in [4.69, 9.17) is 23.1 Å². The number of aliphatic hydroxyl groups excluding tert-OH is 1. The average Bonchev–Trinajstić information content (AvgIpc) is 2.35. The number of nitrogens with one attached hydrogen (secondary N) is 1. The first kappa shape index (κ1) is 14.6. The molecule has 0 saturated carbocycles. The van der Waals surface area contributed by atoms with Crippen LogP contribution in [0.25, 0.3) is 0 Å². The maximum absolute atomic E-state index is 12.0. The first-order valence-electron chi connectivity index (χ1n) is 5.66. The molecule has 18 heavy (non-hydrogen) atoms. The number of anilines is 1. The van der Waals surface area contributed by atoms with Gasteiger partial charge in [0.2, 0.25) is 0 Å². The molecule has 1 heterocycles. The van der Waals surface area contributed by atoms with Crippen LogP contribution >= 0.6 is 11.6 Å². The van der Waals surface area contributed by atoms with Crippen LogP contribution in [0.1, 0.15) is 19.8 Å². The third kappa shape index (κ3) is 3.76. The smallest absolute Gasteiger partial charge is 0.292 e. The fraction of sp³-hybridized carbons (Fsp3) is 0.500. The van der Waals surface area contributed by atoms with Gasteiger partial charge >= 0.3 is 0 Å². The number of nitrogens with zero attached hydrogens (tertiary/aromatic N) is 2. The average molecular weight is 270 g/mol. The SMILES string of the molecule is C#CCn1ncc(Cl)c(NC(C)CCCO)c1=O. The highest BCUT2D eigenvalue weighted by Gasteiger charge is 2.12. The van der Waals surface area contributed by atoms with Gasteiger partial charge in [-0.2, -0.15) is 5.10 Å². The molecule has 0 radical (unpaired) electrons. The summed E-state index contributed by atoms with van der Waals surface area (Å²) >= 11 is 5.94. The van der Waals surface area contributed by atoms with Crippen LogP contribution in [0.2, 0.25) is 5.02 Å². The second-order valence-corrected chi connectivity index (χ2v) is 4.35. The maximum atomic E-state index is 12.0. The lowest BCUT2D eigenvalue weighted by atomic mass is 10.2. The Morgan fingerprint density at radius 3 is 3.06 bits per heavy atom. The Morgan fingerprint density at radius 2 is 2.44 bits per heavy atom. The van der Waals surface area contributed by atoms with Crippen LogP contribution in [0, 0.1) is 12.3 Å². The van der Waals surface area contributed by atoms with Crippen molar-refractivity contribution < 1.29 is 5.11 Å². The highest BCUT2D eigenvalue weighted by Crippen LogP contribution is 2.17. The molecule has 0 fully saturated rings. The van der Waals surface area contributed by atoms with E-state index < -0.39 is 0 Å². The molecule has 1 rings (SSSR count). The Labute approximate surface area is 111 Å². The Hall–Kier alpha value is -1.51. The van der Waals surface area contributed by atoms with Crippen LogP contribution in [0.5, 0.6) is 0 Å². The van der Waals surface area contributed by atoms with Crippen molar-refractivity contribution in [2.24, 2.45) is 0 Å². The van der Waals surface area contributed by atoms with Crippen LogP contribution in [0.15, 0.2) is 11.0 Å². The van der Waals surface area contributed by atoms with Gasteiger partial charge in [0.25, 0.3) is 5.56 Å². The molecule has 0 aliphatic rings. The molecule has 1 aromatic rings. The van der Waals surface area contributed by atoms with E-state index in [-0.39, 0.29) is 29.8 Å². The summed E-state index contributed by atoms with van der Waals surface area (Å²) in [7, 11) is 0. The zero-order valence-electron chi connectivity index (χ0n) is 10.2. The van der Waals surface area contributed by atoms with Gasteiger partial charge in [0.05, 0.1) is 11.2 Å². The number of aliphatic hydroxyl groups is 1. The van der Waals surface area contributed by atoms with Crippen LogP contribution in [-0.4, -0.2) is 27.5 Å². The van der Waals surface area contributed by atoms with Crippen molar-refractivity contribution in [2.75, 3.05) is 11.9 Å². The molecule has 6 heteroatoms. The number of hydrogen-bond donors (Lipinski definition) is 2. The van der Waals surface area contributed by atoms with Gasteiger partial charge in [0, 0.05) is 12.6 Å². The van der Waals surface area contributed by atoms with E-state index in [1.165, 1.54) is 10.9 Å². The summed E-state index contributed by atoms with van der Waals surface area (Å²) in [6, 6.07) is 0.0315. The van der Waals surface area contributed by atoms with E-state index in [0.29, 0.717) is 12.1 Å². The predicted octanol–water partition coefficient (Wildman–Crippen LogP) is 1.10. The highest BCUT2D eigenvalue weighted by atomic mass is 35.5. The first-order chi connectivity index (χ1) is 8.60. The highest BCUT2D eigenvalue weighted by molar-refractivity contribution is 6.33. The van der Waals surface area contributed by atoms with Crippen molar-refractivity contribution in [3.05, 3.63) is 21.6 Å². The maximum Gasteiger partial charge on any atom is 0.292 e. The minimum absolute atomic E-state index is 0.0315. The third-order valence-electron chi connectivity index (χ3n) is 2.42.